The Bertz CT molecular complexity index is 989. The van der Waals surface area contributed by atoms with Crippen molar-refractivity contribution in [2.45, 2.75) is 151 Å². The summed E-state index contributed by atoms with van der Waals surface area (Å²) in [4.78, 5) is 0. The fourth-order valence-corrected chi connectivity index (χ4v) is 12.1. The van der Waals surface area contributed by atoms with Gasteiger partial charge in [-0.1, -0.05) is 38.5 Å². The summed E-state index contributed by atoms with van der Waals surface area (Å²) in [5, 5.41) is 76.2. The molecule has 0 aromatic heterocycles. The Morgan fingerprint density at radius 2 is 0.489 bits per heavy atom. The maximum absolute atomic E-state index is 11.4. The summed E-state index contributed by atoms with van der Waals surface area (Å²) < 4.78 is 0. The number of aliphatic hydroxyl groups excluding tert-OH is 4. The molecule has 13 heteroatoms. The molecular formula is C32H56N8O4Os. The van der Waals surface area contributed by atoms with Crippen LogP contribution < -0.4 is 42.5 Å². The summed E-state index contributed by atoms with van der Waals surface area (Å²) in [5.74, 6) is 2.30. The summed E-state index contributed by atoms with van der Waals surface area (Å²) in [6.45, 7) is 0. The molecule has 5 saturated heterocycles. The Labute approximate surface area is 280 Å². The second-order valence-corrected chi connectivity index (χ2v) is 16.1. The fraction of sp³-hybridized carbons (Fsp3) is 1.00. The van der Waals surface area contributed by atoms with Crippen LogP contribution in [0, 0.1) is 47.3 Å². The fourth-order valence-electron chi connectivity index (χ4n) is 12.1. The first-order valence-corrected chi connectivity index (χ1v) is 18.3. The van der Waals surface area contributed by atoms with E-state index in [2.05, 4.69) is 42.5 Å². The Kier molecular flexibility index (Phi) is 9.21. The van der Waals surface area contributed by atoms with Crippen LogP contribution in [0.2, 0.25) is 0 Å². The van der Waals surface area contributed by atoms with Crippen LogP contribution in [-0.4, -0.2) is 94.2 Å². The molecule has 4 saturated carbocycles. The topological polar surface area (TPSA) is 177 Å². The summed E-state index contributed by atoms with van der Waals surface area (Å²) in [6.07, 6.45) is 10.2. The molecule has 20 atom stereocenters. The molecule has 0 spiro atoms. The SMILES string of the molecule is OC1C(O)C(O)C2C3NC4NC(NC5NC(NC6NC(NC(N3)C2C1O)C1CCCCC61)C1CCCCC51)C1CCCCC41.[Os]. The van der Waals surface area contributed by atoms with Crippen molar-refractivity contribution in [3.63, 3.8) is 0 Å². The van der Waals surface area contributed by atoms with E-state index < -0.39 is 36.3 Å². The minimum atomic E-state index is -1.38. The average molecular weight is 807 g/mol. The van der Waals surface area contributed by atoms with Crippen molar-refractivity contribution in [2.75, 3.05) is 0 Å². The van der Waals surface area contributed by atoms with Crippen LogP contribution in [0.4, 0.5) is 0 Å². The molecule has 4 aliphatic carbocycles. The van der Waals surface area contributed by atoms with Crippen LogP contribution in [0.5, 0.6) is 0 Å². The molecule has 0 aromatic rings. The normalized spacial score (nSPS) is 58.9. The van der Waals surface area contributed by atoms with Gasteiger partial charge in [0.15, 0.2) is 0 Å². The Morgan fingerprint density at radius 1 is 0.289 bits per heavy atom. The van der Waals surface area contributed by atoms with Crippen LogP contribution in [0.25, 0.3) is 0 Å². The second kappa shape index (κ2) is 12.8. The zero-order chi connectivity index (χ0) is 29.7. The molecule has 12 N–H and O–H groups in total. The molecule has 5 aliphatic heterocycles. The second-order valence-electron chi connectivity index (χ2n) is 16.1. The molecule has 5 heterocycles. The van der Waals surface area contributed by atoms with Gasteiger partial charge in [-0.3, -0.25) is 42.5 Å². The van der Waals surface area contributed by atoms with E-state index in [0.717, 1.165) is 12.8 Å². The molecule has 9 fully saturated rings. The van der Waals surface area contributed by atoms with E-state index in [9.17, 15) is 20.4 Å². The van der Waals surface area contributed by atoms with Gasteiger partial charge in [-0.05, 0) is 74.0 Å². The van der Waals surface area contributed by atoms with E-state index in [1.807, 2.05) is 0 Å². The predicted octanol–water partition coefficient (Wildman–Crippen LogP) is -1.51. The molecule has 0 radical (unpaired) electrons. The Hall–Kier alpha value is 0.156. The van der Waals surface area contributed by atoms with Crippen molar-refractivity contribution >= 4 is 0 Å². The number of hydrogen-bond acceptors (Lipinski definition) is 12. The average Bonchev–Trinajstić information content (AvgIpc) is 3.78. The number of rotatable bonds is 0. The molecular weight excluding hydrogens is 751 g/mol. The van der Waals surface area contributed by atoms with Crippen LogP contribution in [-0.2, 0) is 19.8 Å². The summed E-state index contributed by atoms with van der Waals surface area (Å²) in [6, 6.07) is 0. The van der Waals surface area contributed by atoms with Crippen LogP contribution in [0.3, 0.4) is 0 Å². The molecule has 45 heavy (non-hydrogen) atoms. The third kappa shape index (κ3) is 5.35. The van der Waals surface area contributed by atoms with Gasteiger partial charge in [0.2, 0.25) is 0 Å². The van der Waals surface area contributed by atoms with Crippen molar-refractivity contribution in [1.29, 1.82) is 0 Å². The van der Waals surface area contributed by atoms with Crippen molar-refractivity contribution < 1.29 is 40.2 Å². The summed E-state index contributed by atoms with van der Waals surface area (Å²) >= 11 is 0. The van der Waals surface area contributed by atoms with Gasteiger partial charge < -0.3 is 20.4 Å². The molecule has 0 aromatic carbocycles. The molecule has 20 unspecified atom stereocenters. The predicted molar refractivity (Wildman–Crippen MR) is 163 cm³/mol. The zero-order valence-electron chi connectivity index (χ0n) is 26.2. The van der Waals surface area contributed by atoms with E-state index in [1.165, 1.54) is 64.2 Å². The molecule has 9 rings (SSSR count). The molecule has 256 valence electrons. The first-order valence-electron chi connectivity index (χ1n) is 18.3. The van der Waals surface area contributed by atoms with E-state index in [-0.39, 0.29) is 69.1 Å². The van der Waals surface area contributed by atoms with Gasteiger partial charge in [-0.15, -0.1) is 0 Å². The first kappa shape index (κ1) is 32.4. The molecule has 12 nitrogen and oxygen atoms in total. The van der Waals surface area contributed by atoms with Crippen LogP contribution in [0.1, 0.15) is 77.0 Å². The van der Waals surface area contributed by atoms with E-state index >= 15 is 0 Å². The first-order chi connectivity index (χ1) is 21.5. The Morgan fingerprint density at radius 3 is 0.733 bits per heavy atom. The quantitative estimate of drug-likeness (QED) is 0.137. The standard InChI is InChI=1S/C32H56N8O4.Os/c41-21-19-20(22(42)24(44)23(21)43)32-39-30-18-12-6-4-10-16(18)28(37-30)35-26-14-8-2-1-7-13(14)25(33-26)34-27-15-9-3-5-11-17(15)29(36-27)38-31(19)40-32;/h13-44H,1-12H2;. The third-order valence-electron chi connectivity index (χ3n) is 14.1. The Balaban J connectivity index is 0.00000300. The zero-order valence-corrected chi connectivity index (χ0v) is 28.7. The van der Waals surface area contributed by atoms with Crippen molar-refractivity contribution in [1.82, 2.24) is 42.5 Å². The van der Waals surface area contributed by atoms with Crippen molar-refractivity contribution in [3.05, 3.63) is 0 Å². The molecule has 0 amide bonds. The van der Waals surface area contributed by atoms with Crippen LogP contribution >= 0.6 is 0 Å². The number of fused-ring (bicyclic) bond motifs is 20. The van der Waals surface area contributed by atoms with Gasteiger partial charge in [0, 0.05) is 31.6 Å². The van der Waals surface area contributed by atoms with Gasteiger partial charge >= 0.3 is 0 Å². The maximum Gasteiger partial charge on any atom is 0.109 e. The maximum atomic E-state index is 11.4. The largest absolute Gasteiger partial charge is 0.390 e. The number of nitrogens with one attached hydrogen (secondary N) is 8. The van der Waals surface area contributed by atoms with Gasteiger partial charge in [-0.25, -0.2) is 0 Å². The third-order valence-corrected chi connectivity index (χ3v) is 14.1. The van der Waals surface area contributed by atoms with Gasteiger partial charge in [-0.2, -0.15) is 0 Å². The van der Waals surface area contributed by atoms with E-state index in [1.54, 1.807) is 0 Å². The van der Waals surface area contributed by atoms with Gasteiger partial charge in [0.1, 0.15) is 12.2 Å². The minimum Gasteiger partial charge on any atom is -0.390 e. The summed E-state index contributed by atoms with van der Waals surface area (Å²) in [5.41, 5.74) is 0. The van der Waals surface area contributed by atoms with Gasteiger partial charge in [0.25, 0.3) is 0 Å². The monoisotopic (exact) mass is 808 g/mol. The van der Waals surface area contributed by atoms with Crippen molar-refractivity contribution in [3.8, 4) is 0 Å². The number of aliphatic hydroxyl groups is 4. The minimum absolute atomic E-state index is 0. The molecule has 8 bridgehead atoms. The number of hydrogen-bond donors (Lipinski definition) is 12. The van der Waals surface area contributed by atoms with Gasteiger partial charge in [0.05, 0.1) is 61.5 Å². The van der Waals surface area contributed by atoms with E-state index in [0.29, 0.717) is 35.5 Å². The van der Waals surface area contributed by atoms with Crippen molar-refractivity contribution in [2.24, 2.45) is 47.3 Å². The smallest absolute Gasteiger partial charge is 0.109 e. The molecule has 9 aliphatic rings. The summed E-state index contributed by atoms with van der Waals surface area (Å²) in [7, 11) is 0. The van der Waals surface area contributed by atoms with E-state index in [4.69, 9.17) is 0 Å². The van der Waals surface area contributed by atoms with Crippen LogP contribution in [0.15, 0.2) is 0 Å².